The van der Waals surface area contributed by atoms with Crippen molar-refractivity contribution in [2.75, 3.05) is 6.54 Å². The zero-order valence-corrected chi connectivity index (χ0v) is 17.9. The first-order valence-corrected chi connectivity index (χ1v) is 11.2. The minimum Gasteiger partial charge on any atom is -0.384 e. The first-order chi connectivity index (χ1) is 14.7. The van der Waals surface area contributed by atoms with Gasteiger partial charge in [-0.1, -0.05) is 42.5 Å². The molecule has 3 rings (SSSR count). The number of amides is 1. The van der Waals surface area contributed by atoms with Crippen LogP contribution in [-0.2, 0) is 16.4 Å². The standard InChI is InChI=1S/C23H24N4O3S/c1-15-6-7-19(22(24)25)14-18(15)12-13-27-23(28)17-10-8-16(9-11-17)20-4-2-3-5-21(20)31(26,29)30/h2-11,14H,12-13H2,1H3,(H3,24,25)(H,27,28)(H2,26,29,30). The first kappa shape index (κ1) is 22.2. The molecule has 0 saturated heterocycles. The van der Waals surface area contributed by atoms with Gasteiger partial charge in [-0.2, -0.15) is 0 Å². The van der Waals surface area contributed by atoms with Crippen LogP contribution >= 0.6 is 0 Å². The van der Waals surface area contributed by atoms with Gasteiger partial charge in [-0.25, -0.2) is 13.6 Å². The van der Waals surface area contributed by atoms with E-state index in [0.29, 0.717) is 35.2 Å². The lowest BCUT2D eigenvalue weighted by atomic mass is 10.0. The van der Waals surface area contributed by atoms with Gasteiger partial charge in [0.1, 0.15) is 5.84 Å². The van der Waals surface area contributed by atoms with Gasteiger partial charge in [0.15, 0.2) is 0 Å². The molecule has 0 aliphatic carbocycles. The summed E-state index contributed by atoms with van der Waals surface area (Å²) in [7, 11) is -3.86. The summed E-state index contributed by atoms with van der Waals surface area (Å²) in [4.78, 5) is 12.5. The van der Waals surface area contributed by atoms with Gasteiger partial charge in [-0.15, -0.1) is 0 Å². The second-order valence-electron chi connectivity index (χ2n) is 7.18. The molecule has 1 amide bonds. The van der Waals surface area contributed by atoms with Crippen LogP contribution < -0.4 is 16.2 Å². The van der Waals surface area contributed by atoms with E-state index >= 15 is 0 Å². The average Bonchev–Trinajstić information content (AvgIpc) is 2.74. The van der Waals surface area contributed by atoms with Crippen molar-refractivity contribution in [2.45, 2.75) is 18.2 Å². The summed E-state index contributed by atoms with van der Waals surface area (Å²) in [6.45, 7) is 2.40. The number of amidine groups is 1. The summed E-state index contributed by atoms with van der Waals surface area (Å²) in [5.74, 6) is -0.221. The Bertz CT molecular complexity index is 1240. The van der Waals surface area contributed by atoms with Crippen LogP contribution in [0.1, 0.15) is 27.0 Å². The fraction of sp³-hybridized carbons (Fsp3) is 0.130. The Kier molecular flexibility index (Phi) is 6.53. The van der Waals surface area contributed by atoms with E-state index < -0.39 is 10.0 Å². The van der Waals surface area contributed by atoms with Crippen molar-refractivity contribution in [1.82, 2.24) is 5.32 Å². The number of carbonyl (C=O) groups is 1. The number of nitrogens with two attached hydrogens (primary N) is 2. The molecule has 7 nitrogen and oxygen atoms in total. The number of nitrogen functional groups attached to an aromatic ring is 1. The van der Waals surface area contributed by atoms with E-state index in [1.807, 2.05) is 19.1 Å². The van der Waals surface area contributed by atoms with Crippen LogP contribution in [0.5, 0.6) is 0 Å². The van der Waals surface area contributed by atoms with Gasteiger partial charge < -0.3 is 11.1 Å². The maximum Gasteiger partial charge on any atom is 0.251 e. The molecule has 0 fully saturated rings. The highest BCUT2D eigenvalue weighted by atomic mass is 32.2. The molecule has 0 aliphatic heterocycles. The van der Waals surface area contributed by atoms with E-state index in [0.717, 1.165) is 11.1 Å². The SMILES string of the molecule is Cc1ccc(C(=N)N)cc1CCNC(=O)c1ccc(-c2ccccc2S(N)(=O)=O)cc1. The van der Waals surface area contributed by atoms with E-state index in [4.69, 9.17) is 16.3 Å². The number of sulfonamides is 1. The maximum absolute atomic E-state index is 12.5. The van der Waals surface area contributed by atoms with Crippen LogP contribution in [0.4, 0.5) is 0 Å². The number of rotatable bonds is 7. The van der Waals surface area contributed by atoms with Crippen LogP contribution in [0, 0.1) is 12.3 Å². The Morgan fingerprint density at radius 3 is 2.29 bits per heavy atom. The molecule has 0 unspecified atom stereocenters. The summed E-state index contributed by atoms with van der Waals surface area (Å²) >= 11 is 0. The second kappa shape index (κ2) is 9.11. The number of aryl methyl sites for hydroxylation is 1. The summed E-state index contributed by atoms with van der Waals surface area (Å²) in [5, 5.41) is 15.7. The van der Waals surface area contributed by atoms with E-state index in [9.17, 15) is 13.2 Å². The topological polar surface area (TPSA) is 139 Å². The highest BCUT2D eigenvalue weighted by Crippen LogP contribution is 2.26. The van der Waals surface area contributed by atoms with Crippen LogP contribution in [0.25, 0.3) is 11.1 Å². The zero-order valence-electron chi connectivity index (χ0n) is 17.1. The lowest BCUT2D eigenvalue weighted by molar-refractivity contribution is 0.0954. The molecule has 0 aliphatic rings. The third-order valence-electron chi connectivity index (χ3n) is 4.99. The van der Waals surface area contributed by atoms with Gasteiger partial charge in [-0.05, 0) is 54.3 Å². The summed E-state index contributed by atoms with van der Waals surface area (Å²) < 4.78 is 23.6. The minimum absolute atomic E-state index is 0.00869. The predicted octanol–water partition coefficient (Wildman–Crippen LogP) is 2.57. The van der Waals surface area contributed by atoms with E-state index in [1.54, 1.807) is 48.5 Å². The summed E-state index contributed by atoms with van der Waals surface area (Å²) in [6, 6.07) is 18.7. The smallest absolute Gasteiger partial charge is 0.251 e. The molecular formula is C23H24N4O3S. The first-order valence-electron chi connectivity index (χ1n) is 9.61. The molecule has 8 heteroatoms. The fourth-order valence-electron chi connectivity index (χ4n) is 3.28. The van der Waals surface area contributed by atoms with Gasteiger partial charge in [-0.3, -0.25) is 10.2 Å². The summed E-state index contributed by atoms with van der Waals surface area (Å²) in [5.41, 5.74) is 9.88. The third-order valence-corrected chi connectivity index (χ3v) is 5.96. The molecule has 0 heterocycles. The number of nitrogens with one attached hydrogen (secondary N) is 2. The molecule has 0 radical (unpaired) electrons. The van der Waals surface area contributed by atoms with E-state index in [1.165, 1.54) is 6.07 Å². The number of primary sulfonamides is 1. The number of hydrogen-bond donors (Lipinski definition) is 4. The van der Waals surface area contributed by atoms with Crippen molar-refractivity contribution in [2.24, 2.45) is 10.9 Å². The van der Waals surface area contributed by atoms with Crippen molar-refractivity contribution < 1.29 is 13.2 Å². The summed E-state index contributed by atoms with van der Waals surface area (Å²) in [6.07, 6.45) is 0.610. The molecule has 0 spiro atoms. The lowest BCUT2D eigenvalue weighted by Crippen LogP contribution is -2.26. The molecule has 160 valence electrons. The number of benzene rings is 3. The molecule has 3 aromatic carbocycles. The van der Waals surface area contributed by atoms with Crippen LogP contribution in [0.2, 0.25) is 0 Å². The largest absolute Gasteiger partial charge is 0.384 e. The molecule has 3 aromatic rings. The molecule has 0 atom stereocenters. The molecule has 0 saturated carbocycles. The van der Waals surface area contributed by atoms with Crippen molar-refractivity contribution >= 4 is 21.8 Å². The molecule has 31 heavy (non-hydrogen) atoms. The van der Waals surface area contributed by atoms with Crippen molar-refractivity contribution in [3.05, 3.63) is 89.0 Å². The van der Waals surface area contributed by atoms with Crippen molar-refractivity contribution in [1.29, 1.82) is 5.41 Å². The third kappa shape index (κ3) is 5.36. The van der Waals surface area contributed by atoms with Crippen LogP contribution in [-0.4, -0.2) is 26.7 Å². The molecule has 0 bridgehead atoms. The molecule has 6 N–H and O–H groups in total. The zero-order chi connectivity index (χ0) is 22.6. The van der Waals surface area contributed by atoms with E-state index in [2.05, 4.69) is 5.32 Å². The Hall–Kier alpha value is -3.49. The van der Waals surface area contributed by atoms with Gasteiger partial charge in [0.05, 0.1) is 4.90 Å². The van der Waals surface area contributed by atoms with Gasteiger partial charge >= 0.3 is 0 Å². The van der Waals surface area contributed by atoms with Crippen molar-refractivity contribution in [3.63, 3.8) is 0 Å². The lowest BCUT2D eigenvalue weighted by Gasteiger charge is -2.11. The minimum atomic E-state index is -3.86. The number of hydrogen-bond acceptors (Lipinski definition) is 4. The van der Waals surface area contributed by atoms with Gasteiger partial charge in [0, 0.05) is 23.2 Å². The fourth-order valence-corrected chi connectivity index (χ4v) is 4.04. The normalized spacial score (nSPS) is 11.2. The average molecular weight is 437 g/mol. The number of carbonyl (C=O) groups excluding carboxylic acids is 1. The maximum atomic E-state index is 12.5. The monoisotopic (exact) mass is 436 g/mol. The second-order valence-corrected chi connectivity index (χ2v) is 8.71. The quantitative estimate of drug-likeness (QED) is 0.334. The van der Waals surface area contributed by atoms with Gasteiger partial charge in [0.2, 0.25) is 10.0 Å². The van der Waals surface area contributed by atoms with Crippen LogP contribution in [0.3, 0.4) is 0 Å². The Morgan fingerprint density at radius 2 is 1.65 bits per heavy atom. The van der Waals surface area contributed by atoms with Crippen molar-refractivity contribution in [3.8, 4) is 11.1 Å². The Labute approximate surface area is 181 Å². The highest BCUT2D eigenvalue weighted by molar-refractivity contribution is 7.89. The Morgan fingerprint density at radius 1 is 1.00 bits per heavy atom. The predicted molar refractivity (Wildman–Crippen MR) is 121 cm³/mol. The Balaban J connectivity index is 1.68. The van der Waals surface area contributed by atoms with Gasteiger partial charge in [0.25, 0.3) is 5.91 Å². The highest BCUT2D eigenvalue weighted by Gasteiger charge is 2.15. The van der Waals surface area contributed by atoms with E-state index in [-0.39, 0.29) is 16.6 Å². The molecular weight excluding hydrogens is 412 g/mol. The molecule has 0 aromatic heterocycles. The van der Waals surface area contributed by atoms with Crippen LogP contribution in [0.15, 0.2) is 71.6 Å².